The largest absolute Gasteiger partial charge is 0.465 e. The highest BCUT2D eigenvalue weighted by Crippen LogP contribution is 2.25. The van der Waals surface area contributed by atoms with E-state index in [1.807, 2.05) is 32.0 Å². The summed E-state index contributed by atoms with van der Waals surface area (Å²) in [5, 5.41) is 7.81. The predicted octanol–water partition coefficient (Wildman–Crippen LogP) is 2.53. The third-order valence-corrected chi connectivity index (χ3v) is 3.93. The van der Waals surface area contributed by atoms with Gasteiger partial charge in [0.05, 0.1) is 24.0 Å². The number of nitrogens with one attached hydrogen (secondary N) is 2. The quantitative estimate of drug-likeness (QED) is 0.715. The maximum Gasteiger partial charge on any atom is 0.345 e. The zero-order chi connectivity index (χ0) is 17.3. The minimum Gasteiger partial charge on any atom is -0.465 e. The number of ether oxygens (including phenoxy) is 1. The molecule has 2 heterocycles. The van der Waals surface area contributed by atoms with Crippen LogP contribution in [0.5, 0.6) is 0 Å². The molecule has 0 aliphatic carbocycles. The van der Waals surface area contributed by atoms with Gasteiger partial charge in [-0.1, -0.05) is 23.4 Å². The lowest BCUT2D eigenvalue weighted by Crippen LogP contribution is -2.22. The molecule has 0 unspecified atom stereocenters. The van der Waals surface area contributed by atoms with Crippen LogP contribution in [0.15, 0.2) is 33.6 Å². The van der Waals surface area contributed by atoms with Crippen LogP contribution in [-0.4, -0.2) is 23.2 Å². The number of pyridine rings is 1. The lowest BCUT2D eigenvalue weighted by atomic mass is 10.1. The molecule has 0 aliphatic heterocycles. The van der Waals surface area contributed by atoms with Crippen molar-refractivity contribution in [1.29, 1.82) is 0 Å². The van der Waals surface area contributed by atoms with Crippen LogP contribution in [0.25, 0.3) is 10.9 Å². The molecule has 3 rings (SSSR count). The monoisotopic (exact) mass is 327 g/mol. The molecule has 0 fully saturated rings. The number of esters is 1. The maximum absolute atomic E-state index is 12.3. The maximum atomic E-state index is 12.3. The van der Waals surface area contributed by atoms with Crippen molar-refractivity contribution in [2.75, 3.05) is 12.4 Å². The zero-order valence-electron chi connectivity index (χ0n) is 13.6. The van der Waals surface area contributed by atoms with Crippen molar-refractivity contribution >= 4 is 22.6 Å². The highest BCUT2D eigenvalue weighted by Gasteiger charge is 2.20. The molecule has 0 atom stereocenters. The lowest BCUT2D eigenvalue weighted by molar-refractivity contribution is 0.0600. The number of H-pyrrole nitrogens is 1. The van der Waals surface area contributed by atoms with Crippen molar-refractivity contribution in [2.45, 2.75) is 20.4 Å². The van der Waals surface area contributed by atoms with Gasteiger partial charge in [0.2, 0.25) is 0 Å². The molecule has 2 N–H and O–H groups in total. The molecule has 0 saturated heterocycles. The van der Waals surface area contributed by atoms with Gasteiger partial charge in [-0.25, -0.2) is 4.79 Å². The highest BCUT2D eigenvalue weighted by atomic mass is 16.5. The van der Waals surface area contributed by atoms with Crippen LogP contribution < -0.4 is 10.9 Å². The molecule has 0 aliphatic rings. The number of anilines is 1. The van der Waals surface area contributed by atoms with Gasteiger partial charge in [0.15, 0.2) is 0 Å². The van der Waals surface area contributed by atoms with Crippen LogP contribution in [0.3, 0.4) is 0 Å². The molecule has 7 nitrogen and oxygen atoms in total. The number of hydrogen-bond donors (Lipinski definition) is 2. The summed E-state index contributed by atoms with van der Waals surface area (Å²) in [6.45, 7) is 4.03. The molecular weight excluding hydrogens is 310 g/mol. The van der Waals surface area contributed by atoms with E-state index in [0.717, 1.165) is 16.6 Å². The van der Waals surface area contributed by atoms with Gasteiger partial charge in [-0.2, -0.15) is 0 Å². The third kappa shape index (κ3) is 2.64. The van der Waals surface area contributed by atoms with E-state index in [0.29, 0.717) is 23.5 Å². The number of methoxy groups -OCH3 is 1. The van der Waals surface area contributed by atoms with E-state index < -0.39 is 11.5 Å². The second-order valence-corrected chi connectivity index (χ2v) is 5.40. The van der Waals surface area contributed by atoms with Gasteiger partial charge < -0.3 is 19.6 Å². The topological polar surface area (TPSA) is 97.2 Å². The van der Waals surface area contributed by atoms with Crippen molar-refractivity contribution in [3.05, 3.63) is 57.2 Å². The Hall–Kier alpha value is -3.09. The fraction of sp³-hybridized carbons (Fsp3) is 0.235. The smallest absolute Gasteiger partial charge is 0.345 e. The van der Waals surface area contributed by atoms with Crippen LogP contribution in [-0.2, 0) is 11.3 Å². The van der Waals surface area contributed by atoms with E-state index in [1.165, 1.54) is 7.11 Å². The second-order valence-electron chi connectivity index (χ2n) is 5.40. The number of carbonyl (C=O) groups is 1. The molecule has 0 bridgehead atoms. The van der Waals surface area contributed by atoms with E-state index in [4.69, 9.17) is 9.26 Å². The summed E-state index contributed by atoms with van der Waals surface area (Å²) in [6, 6.07) is 7.25. The van der Waals surface area contributed by atoms with E-state index in [2.05, 4.69) is 15.5 Å². The molecule has 0 spiro atoms. The van der Waals surface area contributed by atoms with Crippen LogP contribution in [0.1, 0.15) is 27.4 Å². The summed E-state index contributed by atoms with van der Waals surface area (Å²) >= 11 is 0. The SMILES string of the molecule is COC(=O)c1c(NCc2c(C)noc2C)c2ccccc2[nH]c1=O. The number of benzene rings is 1. The van der Waals surface area contributed by atoms with Crippen LogP contribution in [0.4, 0.5) is 5.69 Å². The average molecular weight is 327 g/mol. The van der Waals surface area contributed by atoms with Crippen LogP contribution in [0.2, 0.25) is 0 Å². The summed E-state index contributed by atoms with van der Waals surface area (Å²) in [4.78, 5) is 27.1. The number of fused-ring (bicyclic) bond motifs is 1. The Balaban J connectivity index is 2.13. The summed E-state index contributed by atoms with van der Waals surface area (Å²) in [7, 11) is 1.25. The van der Waals surface area contributed by atoms with Crippen LogP contribution in [0, 0.1) is 13.8 Å². The Labute approximate surface area is 137 Å². The zero-order valence-corrected chi connectivity index (χ0v) is 13.6. The predicted molar refractivity (Wildman–Crippen MR) is 89.2 cm³/mol. The molecule has 0 amide bonds. The van der Waals surface area contributed by atoms with Gasteiger partial charge in [-0.05, 0) is 19.9 Å². The van der Waals surface area contributed by atoms with Crippen molar-refractivity contribution in [3.63, 3.8) is 0 Å². The number of para-hydroxylation sites is 1. The van der Waals surface area contributed by atoms with E-state index in [-0.39, 0.29) is 5.56 Å². The Morgan fingerprint density at radius 3 is 2.75 bits per heavy atom. The van der Waals surface area contributed by atoms with E-state index in [9.17, 15) is 9.59 Å². The van der Waals surface area contributed by atoms with Crippen molar-refractivity contribution < 1.29 is 14.1 Å². The number of nitrogens with zero attached hydrogens (tertiary/aromatic N) is 1. The number of carbonyl (C=O) groups excluding carboxylic acids is 1. The Kier molecular flexibility index (Phi) is 4.07. The molecule has 3 aromatic rings. The first-order chi connectivity index (χ1) is 11.5. The normalized spacial score (nSPS) is 10.8. The van der Waals surface area contributed by atoms with Crippen molar-refractivity contribution in [1.82, 2.24) is 10.1 Å². The molecule has 2 aromatic heterocycles. The fourth-order valence-electron chi connectivity index (χ4n) is 2.65. The Morgan fingerprint density at radius 1 is 1.33 bits per heavy atom. The summed E-state index contributed by atoms with van der Waals surface area (Å²) in [5.74, 6) is -0.00275. The molecule has 24 heavy (non-hydrogen) atoms. The first-order valence-electron chi connectivity index (χ1n) is 7.42. The number of aryl methyl sites for hydroxylation is 2. The van der Waals surface area contributed by atoms with Gasteiger partial charge in [0, 0.05) is 17.5 Å². The van der Waals surface area contributed by atoms with Gasteiger partial charge in [-0.3, -0.25) is 4.79 Å². The van der Waals surface area contributed by atoms with Crippen molar-refractivity contribution in [2.24, 2.45) is 0 Å². The molecule has 1 aromatic carbocycles. The minimum atomic E-state index is -0.691. The molecular formula is C17H17N3O4. The Morgan fingerprint density at radius 2 is 2.08 bits per heavy atom. The number of rotatable bonds is 4. The van der Waals surface area contributed by atoms with Gasteiger partial charge in [0.25, 0.3) is 5.56 Å². The first-order valence-corrected chi connectivity index (χ1v) is 7.42. The van der Waals surface area contributed by atoms with Gasteiger partial charge in [0.1, 0.15) is 11.3 Å². The summed E-state index contributed by atoms with van der Waals surface area (Å²) in [6.07, 6.45) is 0. The number of aromatic amines is 1. The summed E-state index contributed by atoms with van der Waals surface area (Å²) < 4.78 is 9.91. The number of hydrogen-bond acceptors (Lipinski definition) is 6. The molecule has 0 radical (unpaired) electrons. The van der Waals surface area contributed by atoms with Crippen molar-refractivity contribution in [3.8, 4) is 0 Å². The first kappa shape index (κ1) is 15.8. The standard InChI is InChI=1S/C17H17N3O4/c1-9-12(10(2)24-20-9)8-18-15-11-6-4-5-7-13(11)19-16(21)14(15)17(22)23-3/h4-7H,8H2,1-3H3,(H2,18,19,21). The Bertz CT molecular complexity index is 952. The number of aromatic nitrogens is 2. The van der Waals surface area contributed by atoms with E-state index in [1.54, 1.807) is 6.07 Å². The fourth-order valence-corrected chi connectivity index (χ4v) is 2.65. The molecule has 0 saturated carbocycles. The third-order valence-electron chi connectivity index (χ3n) is 3.93. The summed E-state index contributed by atoms with van der Waals surface area (Å²) in [5.41, 5.74) is 2.16. The minimum absolute atomic E-state index is 0.0528. The molecule has 124 valence electrons. The highest BCUT2D eigenvalue weighted by molar-refractivity contribution is 6.04. The van der Waals surface area contributed by atoms with E-state index >= 15 is 0 Å². The van der Waals surface area contributed by atoms with Gasteiger partial charge >= 0.3 is 5.97 Å². The van der Waals surface area contributed by atoms with Crippen LogP contribution >= 0.6 is 0 Å². The molecule has 7 heteroatoms. The second kappa shape index (κ2) is 6.19. The average Bonchev–Trinajstić information content (AvgIpc) is 2.90. The lowest BCUT2D eigenvalue weighted by Gasteiger charge is -2.13. The van der Waals surface area contributed by atoms with Gasteiger partial charge in [-0.15, -0.1) is 0 Å².